The first-order valence-corrected chi connectivity index (χ1v) is 9.40. The van der Waals surface area contributed by atoms with E-state index in [0.29, 0.717) is 12.0 Å². The summed E-state index contributed by atoms with van der Waals surface area (Å²) in [6.07, 6.45) is 7.77. The van der Waals surface area contributed by atoms with Crippen LogP contribution in [0.4, 0.5) is 5.82 Å². The Morgan fingerprint density at radius 1 is 1.43 bits per heavy atom. The molecule has 2 aliphatic rings. The maximum absolute atomic E-state index is 12.6. The molecule has 0 radical (unpaired) electrons. The summed E-state index contributed by atoms with van der Waals surface area (Å²) < 4.78 is 1.96. The van der Waals surface area contributed by atoms with Crippen LogP contribution < -0.4 is 5.32 Å². The Morgan fingerprint density at radius 3 is 3.04 bits per heavy atom. The number of thiophene rings is 1. The molecular weight excluding hydrogens is 306 g/mol. The van der Waals surface area contributed by atoms with Crippen molar-refractivity contribution in [3.8, 4) is 0 Å². The predicted octanol–water partition coefficient (Wildman–Crippen LogP) is 4.29. The molecule has 2 aromatic heterocycles. The van der Waals surface area contributed by atoms with Crippen LogP contribution in [0.1, 0.15) is 59.3 Å². The molecule has 4 nitrogen and oxygen atoms in total. The summed E-state index contributed by atoms with van der Waals surface area (Å²) in [6, 6.07) is 4.35. The van der Waals surface area contributed by atoms with Crippen LogP contribution in [0, 0.1) is 11.8 Å². The quantitative estimate of drug-likeness (QED) is 0.909. The minimum atomic E-state index is 0.00167. The summed E-state index contributed by atoms with van der Waals surface area (Å²) in [6.45, 7) is 4.48. The molecule has 1 N–H and O–H groups in total. The van der Waals surface area contributed by atoms with Crippen LogP contribution >= 0.6 is 11.3 Å². The first-order chi connectivity index (χ1) is 11.1. The summed E-state index contributed by atoms with van der Waals surface area (Å²) in [4.78, 5) is 14.9. The van der Waals surface area contributed by atoms with Gasteiger partial charge in [-0.15, -0.1) is 11.3 Å². The van der Waals surface area contributed by atoms with Gasteiger partial charge in [0, 0.05) is 10.9 Å². The van der Waals surface area contributed by atoms with Crippen molar-refractivity contribution in [1.29, 1.82) is 0 Å². The minimum absolute atomic E-state index is 0.00167. The molecule has 2 unspecified atom stereocenters. The van der Waals surface area contributed by atoms with Gasteiger partial charge in [-0.3, -0.25) is 4.79 Å². The smallest absolute Gasteiger partial charge is 0.266 e. The highest BCUT2D eigenvalue weighted by Gasteiger charge is 2.31. The highest BCUT2D eigenvalue weighted by molar-refractivity contribution is 7.14. The number of hydrogen-bond donors (Lipinski definition) is 1. The monoisotopic (exact) mass is 329 g/mol. The van der Waals surface area contributed by atoms with Crippen molar-refractivity contribution in [1.82, 2.24) is 9.78 Å². The Kier molecular flexibility index (Phi) is 3.76. The van der Waals surface area contributed by atoms with Gasteiger partial charge in [-0.1, -0.05) is 6.92 Å². The number of nitrogens with zero attached hydrogens (tertiary/aromatic N) is 2. The molecule has 23 heavy (non-hydrogen) atoms. The number of aryl methyl sites for hydroxylation is 1. The summed E-state index contributed by atoms with van der Waals surface area (Å²) in [5, 5.41) is 7.47. The van der Waals surface area contributed by atoms with Gasteiger partial charge in [0.05, 0.1) is 17.1 Å². The lowest BCUT2D eigenvalue weighted by atomic mass is 9.90. The number of amides is 1. The summed E-state index contributed by atoms with van der Waals surface area (Å²) in [5.41, 5.74) is 1.37. The molecule has 122 valence electrons. The lowest BCUT2D eigenvalue weighted by molar-refractivity contribution is 0.102. The third-order valence-corrected chi connectivity index (χ3v) is 6.39. The van der Waals surface area contributed by atoms with Crippen LogP contribution in [0.5, 0.6) is 0 Å². The van der Waals surface area contributed by atoms with Gasteiger partial charge in [0.1, 0.15) is 5.82 Å². The maximum atomic E-state index is 12.6. The van der Waals surface area contributed by atoms with Crippen molar-refractivity contribution in [2.75, 3.05) is 5.32 Å². The van der Waals surface area contributed by atoms with E-state index in [1.807, 2.05) is 10.7 Å². The van der Waals surface area contributed by atoms with E-state index in [2.05, 4.69) is 30.3 Å². The van der Waals surface area contributed by atoms with Crippen molar-refractivity contribution >= 4 is 23.1 Å². The molecule has 2 aromatic rings. The molecule has 0 bridgehead atoms. The van der Waals surface area contributed by atoms with Crippen LogP contribution in [0.3, 0.4) is 0 Å². The SMILES string of the molecule is CC1CCc2sc(C(=O)Nc3ccnn3C(C)C3CC3)cc2C1. The average Bonchev–Trinajstić information content (AvgIpc) is 3.13. The number of aromatic nitrogens is 2. The van der Waals surface area contributed by atoms with Crippen LogP contribution in [-0.4, -0.2) is 15.7 Å². The van der Waals surface area contributed by atoms with Crippen LogP contribution in [0.25, 0.3) is 0 Å². The molecule has 0 aromatic carbocycles. The Bertz CT molecular complexity index is 728. The standard InChI is InChI=1S/C18H23N3OS/c1-11-3-6-15-14(9-11)10-16(23-15)18(22)20-17-7-8-19-21(17)12(2)13-4-5-13/h7-8,10-13H,3-6,9H2,1-2H3,(H,20,22). The van der Waals surface area contributed by atoms with Crippen LogP contribution in [0.15, 0.2) is 18.3 Å². The Hall–Kier alpha value is -1.62. The third kappa shape index (κ3) is 2.94. The zero-order valence-corrected chi connectivity index (χ0v) is 14.5. The van der Waals surface area contributed by atoms with Crippen molar-refractivity contribution in [2.45, 2.75) is 52.0 Å². The van der Waals surface area contributed by atoms with E-state index in [9.17, 15) is 4.79 Å². The molecule has 1 amide bonds. The van der Waals surface area contributed by atoms with E-state index in [1.165, 1.54) is 29.7 Å². The fourth-order valence-corrected chi connectivity index (χ4v) is 4.62. The number of fused-ring (bicyclic) bond motifs is 1. The first-order valence-electron chi connectivity index (χ1n) is 8.58. The second-order valence-electron chi connectivity index (χ2n) is 7.10. The Balaban J connectivity index is 1.51. The number of nitrogens with one attached hydrogen (secondary N) is 1. The largest absolute Gasteiger partial charge is 0.306 e. The lowest BCUT2D eigenvalue weighted by Crippen LogP contribution is -2.17. The second-order valence-corrected chi connectivity index (χ2v) is 8.24. The molecule has 2 atom stereocenters. The van der Waals surface area contributed by atoms with Crippen LogP contribution in [-0.2, 0) is 12.8 Å². The molecule has 2 aliphatic carbocycles. The van der Waals surface area contributed by atoms with Gasteiger partial charge in [-0.05, 0) is 62.5 Å². The summed E-state index contributed by atoms with van der Waals surface area (Å²) in [5.74, 6) is 2.26. The van der Waals surface area contributed by atoms with E-state index < -0.39 is 0 Å². The molecule has 1 fully saturated rings. The van der Waals surface area contributed by atoms with Gasteiger partial charge in [0.15, 0.2) is 0 Å². The molecular formula is C18H23N3OS. The van der Waals surface area contributed by atoms with E-state index in [-0.39, 0.29) is 5.91 Å². The number of carbonyl (C=O) groups is 1. The van der Waals surface area contributed by atoms with E-state index in [4.69, 9.17) is 0 Å². The summed E-state index contributed by atoms with van der Waals surface area (Å²) >= 11 is 1.66. The van der Waals surface area contributed by atoms with Gasteiger partial charge in [-0.2, -0.15) is 5.10 Å². The number of hydrogen-bond acceptors (Lipinski definition) is 3. The Labute approximate surface area is 140 Å². The van der Waals surface area contributed by atoms with Gasteiger partial charge in [0.2, 0.25) is 0 Å². The number of anilines is 1. The number of carbonyl (C=O) groups excluding carboxylic acids is 1. The zero-order valence-electron chi connectivity index (χ0n) is 13.7. The fourth-order valence-electron chi connectivity index (χ4n) is 3.51. The molecule has 0 saturated heterocycles. The van der Waals surface area contributed by atoms with Gasteiger partial charge >= 0.3 is 0 Å². The topological polar surface area (TPSA) is 46.9 Å². The minimum Gasteiger partial charge on any atom is -0.306 e. The fraction of sp³-hybridized carbons (Fsp3) is 0.556. The van der Waals surface area contributed by atoms with Crippen molar-refractivity contribution < 1.29 is 4.79 Å². The molecule has 2 heterocycles. The zero-order chi connectivity index (χ0) is 16.0. The lowest BCUT2D eigenvalue weighted by Gasteiger charge is -2.16. The summed E-state index contributed by atoms with van der Waals surface area (Å²) in [7, 11) is 0. The number of rotatable bonds is 4. The molecule has 5 heteroatoms. The highest BCUT2D eigenvalue weighted by Crippen LogP contribution is 2.40. The Morgan fingerprint density at radius 2 is 2.26 bits per heavy atom. The van der Waals surface area contributed by atoms with Crippen LogP contribution in [0.2, 0.25) is 0 Å². The van der Waals surface area contributed by atoms with Gasteiger partial charge in [-0.25, -0.2) is 4.68 Å². The van der Waals surface area contributed by atoms with E-state index in [0.717, 1.165) is 29.5 Å². The van der Waals surface area contributed by atoms with E-state index in [1.54, 1.807) is 17.5 Å². The van der Waals surface area contributed by atoms with Gasteiger partial charge in [0.25, 0.3) is 5.91 Å². The first kappa shape index (κ1) is 14.9. The van der Waals surface area contributed by atoms with Crippen molar-refractivity contribution in [3.63, 3.8) is 0 Å². The highest BCUT2D eigenvalue weighted by atomic mass is 32.1. The van der Waals surface area contributed by atoms with Gasteiger partial charge < -0.3 is 5.32 Å². The third-order valence-electron chi connectivity index (χ3n) is 5.15. The maximum Gasteiger partial charge on any atom is 0.266 e. The molecule has 0 spiro atoms. The molecule has 1 saturated carbocycles. The van der Waals surface area contributed by atoms with Crippen molar-refractivity contribution in [2.24, 2.45) is 11.8 Å². The average molecular weight is 329 g/mol. The normalized spacial score (nSPS) is 21.7. The molecule has 4 rings (SSSR count). The molecule has 0 aliphatic heterocycles. The van der Waals surface area contributed by atoms with E-state index >= 15 is 0 Å². The van der Waals surface area contributed by atoms with Crippen molar-refractivity contribution in [3.05, 3.63) is 33.6 Å². The second kappa shape index (κ2) is 5.78. The predicted molar refractivity (Wildman–Crippen MR) is 93.1 cm³/mol.